The van der Waals surface area contributed by atoms with E-state index in [9.17, 15) is 4.79 Å². The van der Waals surface area contributed by atoms with Crippen LogP contribution in [0, 0.1) is 5.92 Å². The van der Waals surface area contributed by atoms with E-state index in [4.69, 9.17) is 0 Å². The molecule has 0 saturated heterocycles. The maximum Gasteiger partial charge on any atom is 0.223 e. The van der Waals surface area contributed by atoms with Crippen LogP contribution in [0.5, 0.6) is 0 Å². The van der Waals surface area contributed by atoms with Crippen LogP contribution < -0.4 is 5.32 Å². The Morgan fingerprint density at radius 2 is 2.15 bits per heavy atom. The highest BCUT2D eigenvalue weighted by Crippen LogP contribution is 2.27. The van der Waals surface area contributed by atoms with Gasteiger partial charge in [0.15, 0.2) is 0 Å². The molecule has 2 aromatic heterocycles. The van der Waals surface area contributed by atoms with Gasteiger partial charge in [0.05, 0.1) is 10.6 Å². The Kier molecular flexibility index (Phi) is 4.11. The lowest BCUT2D eigenvalue weighted by molar-refractivity contribution is -0.124. The number of carbonyl (C=O) groups is 1. The second-order valence-corrected chi connectivity index (χ2v) is 6.14. The van der Waals surface area contributed by atoms with Crippen LogP contribution >= 0.6 is 11.3 Å². The molecule has 104 valence electrons. The summed E-state index contributed by atoms with van der Waals surface area (Å²) in [6.45, 7) is 0.566. The Labute approximate surface area is 123 Å². The molecule has 1 N–H and O–H groups in total. The Hall–Kier alpha value is -1.68. The van der Waals surface area contributed by atoms with Crippen molar-refractivity contribution in [3.8, 4) is 10.6 Å². The number of thiophene rings is 1. The zero-order chi connectivity index (χ0) is 13.8. The number of hydrogen-bond acceptors (Lipinski definition) is 3. The van der Waals surface area contributed by atoms with E-state index in [1.807, 2.05) is 23.6 Å². The molecular weight excluding hydrogens is 268 g/mol. The molecule has 20 heavy (non-hydrogen) atoms. The van der Waals surface area contributed by atoms with E-state index < -0.39 is 0 Å². The predicted octanol–water partition coefficient (Wildman–Crippen LogP) is 3.62. The Morgan fingerprint density at radius 3 is 2.90 bits per heavy atom. The average molecular weight is 286 g/mol. The maximum absolute atomic E-state index is 12.1. The number of carbonyl (C=O) groups excluding carboxylic acids is 1. The third kappa shape index (κ3) is 2.90. The van der Waals surface area contributed by atoms with Gasteiger partial charge in [0.1, 0.15) is 0 Å². The van der Waals surface area contributed by atoms with Crippen LogP contribution in [0.15, 0.2) is 35.8 Å². The van der Waals surface area contributed by atoms with Crippen LogP contribution in [0.4, 0.5) is 0 Å². The Morgan fingerprint density at radius 1 is 1.30 bits per heavy atom. The van der Waals surface area contributed by atoms with Crippen molar-refractivity contribution in [3.05, 3.63) is 41.4 Å². The lowest BCUT2D eigenvalue weighted by atomic mass is 10.1. The van der Waals surface area contributed by atoms with Crippen molar-refractivity contribution < 1.29 is 4.79 Å². The molecule has 0 spiro atoms. The summed E-state index contributed by atoms with van der Waals surface area (Å²) in [6, 6.07) is 8.05. The first-order valence-electron chi connectivity index (χ1n) is 7.10. The van der Waals surface area contributed by atoms with Crippen molar-refractivity contribution in [2.45, 2.75) is 32.2 Å². The number of nitrogens with one attached hydrogen (secondary N) is 1. The van der Waals surface area contributed by atoms with Gasteiger partial charge in [0.25, 0.3) is 0 Å². The number of aromatic nitrogens is 1. The Balaban J connectivity index is 1.70. The van der Waals surface area contributed by atoms with Gasteiger partial charge in [-0.25, -0.2) is 0 Å². The Bertz CT molecular complexity index is 574. The molecule has 3 rings (SSSR count). The summed E-state index contributed by atoms with van der Waals surface area (Å²) in [5.74, 6) is 0.417. The van der Waals surface area contributed by atoms with Crippen LogP contribution in [0.3, 0.4) is 0 Å². The van der Waals surface area contributed by atoms with Crippen molar-refractivity contribution in [3.63, 3.8) is 0 Å². The average Bonchev–Trinajstić information content (AvgIpc) is 3.17. The van der Waals surface area contributed by atoms with Gasteiger partial charge in [0, 0.05) is 18.7 Å². The van der Waals surface area contributed by atoms with Crippen molar-refractivity contribution in [1.82, 2.24) is 10.3 Å². The van der Waals surface area contributed by atoms with E-state index in [0.717, 1.165) is 29.0 Å². The third-order valence-electron chi connectivity index (χ3n) is 3.82. The van der Waals surface area contributed by atoms with E-state index in [0.29, 0.717) is 6.54 Å². The smallest absolute Gasteiger partial charge is 0.223 e. The third-order valence-corrected chi connectivity index (χ3v) is 4.70. The summed E-state index contributed by atoms with van der Waals surface area (Å²) in [4.78, 5) is 17.7. The summed E-state index contributed by atoms with van der Waals surface area (Å²) >= 11 is 1.67. The summed E-state index contributed by atoms with van der Waals surface area (Å²) in [7, 11) is 0. The summed E-state index contributed by atoms with van der Waals surface area (Å²) < 4.78 is 0. The molecule has 0 radical (unpaired) electrons. The molecule has 1 aliphatic rings. The molecule has 0 atom stereocenters. The van der Waals surface area contributed by atoms with Crippen molar-refractivity contribution in [1.29, 1.82) is 0 Å². The van der Waals surface area contributed by atoms with Gasteiger partial charge in [-0.3, -0.25) is 9.78 Å². The van der Waals surface area contributed by atoms with Crippen LogP contribution in [-0.4, -0.2) is 10.9 Å². The van der Waals surface area contributed by atoms with Crippen molar-refractivity contribution in [2.75, 3.05) is 0 Å². The predicted molar refractivity (Wildman–Crippen MR) is 81.4 cm³/mol. The molecule has 1 aliphatic carbocycles. The van der Waals surface area contributed by atoms with E-state index in [-0.39, 0.29) is 11.8 Å². The van der Waals surface area contributed by atoms with Gasteiger partial charge in [-0.15, -0.1) is 11.3 Å². The topological polar surface area (TPSA) is 42.0 Å². The largest absolute Gasteiger partial charge is 0.352 e. The fraction of sp³-hybridized carbons (Fsp3) is 0.375. The van der Waals surface area contributed by atoms with E-state index in [1.165, 1.54) is 12.8 Å². The molecule has 1 fully saturated rings. The fourth-order valence-corrected chi connectivity index (χ4v) is 3.49. The van der Waals surface area contributed by atoms with Crippen molar-refractivity contribution >= 4 is 17.2 Å². The van der Waals surface area contributed by atoms with Gasteiger partial charge in [-0.1, -0.05) is 25.0 Å². The summed E-state index contributed by atoms with van der Waals surface area (Å²) in [5, 5.41) is 5.12. The number of rotatable bonds is 4. The molecular formula is C16H18N2OS. The molecule has 1 amide bonds. The second-order valence-electron chi connectivity index (χ2n) is 5.19. The highest BCUT2D eigenvalue weighted by molar-refractivity contribution is 7.13. The quantitative estimate of drug-likeness (QED) is 0.932. The maximum atomic E-state index is 12.1. The molecule has 4 heteroatoms. The molecule has 2 aromatic rings. The normalized spacial score (nSPS) is 15.4. The first-order valence-corrected chi connectivity index (χ1v) is 7.98. The zero-order valence-corrected chi connectivity index (χ0v) is 12.2. The molecule has 2 heterocycles. The van der Waals surface area contributed by atoms with Gasteiger partial charge in [0.2, 0.25) is 5.91 Å². The van der Waals surface area contributed by atoms with Gasteiger partial charge in [-0.05, 0) is 35.9 Å². The zero-order valence-electron chi connectivity index (χ0n) is 11.3. The number of amides is 1. The standard InChI is InChI=1S/C16H18N2OS/c19-16(12-5-1-2-6-12)18-11-13-7-3-9-17-15(13)14-8-4-10-20-14/h3-4,7-10,12H,1-2,5-6,11H2,(H,18,19). The van der Waals surface area contributed by atoms with Crippen molar-refractivity contribution in [2.24, 2.45) is 5.92 Å². The molecule has 0 bridgehead atoms. The molecule has 0 aliphatic heterocycles. The minimum atomic E-state index is 0.198. The lowest BCUT2D eigenvalue weighted by Crippen LogP contribution is -2.29. The van der Waals surface area contributed by atoms with E-state index in [2.05, 4.69) is 16.4 Å². The first-order chi connectivity index (χ1) is 9.84. The van der Waals surface area contributed by atoms with E-state index in [1.54, 1.807) is 17.5 Å². The van der Waals surface area contributed by atoms with E-state index >= 15 is 0 Å². The molecule has 1 saturated carbocycles. The van der Waals surface area contributed by atoms with Crippen LogP contribution in [-0.2, 0) is 11.3 Å². The number of pyridine rings is 1. The van der Waals surface area contributed by atoms with Gasteiger partial charge >= 0.3 is 0 Å². The van der Waals surface area contributed by atoms with Crippen LogP contribution in [0.1, 0.15) is 31.2 Å². The highest BCUT2D eigenvalue weighted by atomic mass is 32.1. The molecule has 0 aromatic carbocycles. The summed E-state index contributed by atoms with van der Waals surface area (Å²) in [5.41, 5.74) is 2.07. The molecule has 3 nitrogen and oxygen atoms in total. The first kappa shape index (κ1) is 13.3. The number of nitrogens with zero attached hydrogens (tertiary/aromatic N) is 1. The van der Waals surface area contributed by atoms with Gasteiger partial charge < -0.3 is 5.32 Å². The van der Waals surface area contributed by atoms with Crippen LogP contribution in [0.2, 0.25) is 0 Å². The summed E-state index contributed by atoms with van der Waals surface area (Å²) in [6.07, 6.45) is 6.25. The number of hydrogen-bond donors (Lipinski definition) is 1. The minimum absolute atomic E-state index is 0.198. The second kappa shape index (κ2) is 6.18. The SMILES string of the molecule is O=C(NCc1cccnc1-c1cccs1)C1CCCC1. The van der Waals surface area contributed by atoms with Gasteiger partial charge in [-0.2, -0.15) is 0 Å². The lowest BCUT2D eigenvalue weighted by Gasteiger charge is -2.12. The highest BCUT2D eigenvalue weighted by Gasteiger charge is 2.22. The fourth-order valence-electron chi connectivity index (χ4n) is 2.73. The monoisotopic (exact) mass is 286 g/mol. The minimum Gasteiger partial charge on any atom is -0.352 e. The molecule has 0 unspecified atom stereocenters. The van der Waals surface area contributed by atoms with Crippen LogP contribution in [0.25, 0.3) is 10.6 Å².